The van der Waals surface area contributed by atoms with Crippen LogP contribution in [0, 0.1) is 0 Å². The van der Waals surface area contributed by atoms with Crippen molar-refractivity contribution in [3.05, 3.63) is 29.8 Å². The fourth-order valence-electron chi connectivity index (χ4n) is 2.57. The predicted molar refractivity (Wildman–Crippen MR) is 80.5 cm³/mol. The molecular formula is C15H22N2O3S. The predicted octanol–water partition coefficient (Wildman–Crippen LogP) is 1.40. The SMILES string of the molecule is O=S(=O)(NC1CCCOC1)c1ccccc1CNC1CC1. The Hall–Kier alpha value is -0.950. The first-order valence-corrected chi connectivity index (χ1v) is 9.05. The lowest BCUT2D eigenvalue weighted by atomic mass is 10.1. The van der Waals surface area contributed by atoms with Gasteiger partial charge in [-0.05, 0) is 37.3 Å². The Kier molecular flexibility index (Phi) is 4.59. The number of hydrogen-bond acceptors (Lipinski definition) is 4. The molecule has 1 aliphatic carbocycles. The Labute approximate surface area is 126 Å². The third-order valence-corrected chi connectivity index (χ3v) is 5.52. The van der Waals surface area contributed by atoms with Crippen LogP contribution in [0.2, 0.25) is 0 Å². The molecule has 5 nitrogen and oxygen atoms in total. The zero-order valence-corrected chi connectivity index (χ0v) is 12.9. The summed E-state index contributed by atoms with van der Waals surface area (Å²) in [4.78, 5) is 0.378. The second-order valence-electron chi connectivity index (χ2n) is 5.80. The summed E-state index contributed by atoms with van der Waals surface area (Å²) in [6, 6.07) is 7.64. The van der Waals surface area contributed by atoms with Gasteiger partial charge in [-0.15, -0.1) is 0 Å². The number of ether oxygens (including phenoxy) is 1. The molecule has 116 valence electrons. The first-order chi connectivity index (χ1) is 10.1. The van der Waals surface area contributed by atoms with Gasteiger partial charge in [0, 0.05) is 25.2 Å². The Morgan fingerprint density at radius 3 is 2.67 bits per heavy atom. The lowest BCUT2D eigenvalue weighted by molar-refractivity contribution is 0.0774. The molecule has 2 N–H and O–H groups in total. The highest BCUT2D eigenvalue weighted by Gasteiger charge is 2.25. The highest BCUT2D eigenvalue weighted by atomic mass is 32.2. The van der Waals surface area contributed by atoms with E-state index in [9.17, 15) is 8.42 Å². The van der Waals surface area contributed by atoms with Gasteiger partial charge in [-0.1, -0.05) is 18.2 Å². The Balaban J connectivity index is 1.73. The summed E-state index contributed by atoms with van der Waals surface area (Å²) >= 11 is 0. The summed E-state index contributed by atoms with van der Waals surface area (Å²) in [6.07, 6.45) is 4.11. The van der Waals surface area contributed by atoms with E-state index in [2.05, 4.69) is 10.0 Å². The van der Waals surface area contributed by atoms with Gasteiger partial charge in [-0.2, -0.15) is 0 Å². The minimum atomic E-state index is -3.49. The summed E-state index contributed by atoms with van der Waals surface area (Å²) in [5.74, 6) is 0. The van der Waals surface area contributed by atoms with E-state index in [-0.39, 0.29) is 6.04 Å². The second-order valence-corrected chi connectivity index (χ2v) is 7.48. The minimum absolute atomic E-state index is 0.117. The fourth-order valence-corrected chi connectivity index (χ4v) is 4.07. The third-order valence-electron chi connectivity index (χ3n) is 3.90. The summed E-state index contributed by atoms with van der Waals surface area (Å²) < 4.78 is 33.3. The van der Waals surface area contributed by atoms with Crippen LogP contribution in [0.25, 0.3) is 0 Å². The second kappa shape index (κ2) is 6.44. The van der Waals surface area contributed by atoms with Crippen molar-refractivity contribution in [1.29, 1.82) is 0 Å². The lowest BCUT2D eigenvalue weighted by Gasteiger charge is -2.23. The molecule has 1 aromatic carbocycles. The molecule has 0 aromatic heterocycles. The van der Waals surface area contributed by atoms with Gasteiger partial charge in [0.2, 0.25) is 10.0 Å². The number of hydrogen-bond donors (Lipinski definition) is 2. The maximum Gasteiger partial charge on any atom is 0.241 e. The number of nitrogens with one attached hydrogen (secondary N) is 2. The van der Waals surface area contributed by atoms with Gasteiger partial charge in [0.1, 0.15) is 0 Å². The molecule has 1 aliphatic heterocycles. The van der Waals surface area contributed by atoms with Crippen molar-refractivity contribution >= 4 is 10.0 Å². The van der Waals surface area contributed by atoms with Crippen LogP contribution in [0.15, 0.2) is 29.2 Å². The van der Waals surface area contributed by atoms with Gasteiger partial charge < -0.3 is 10.1 Å². The number of benzene rings is 1. The molecule has 0 bridgehead atoms. The fraction of sp³-hybridized carbons (Fsp3) is 0.600. The number of sulfonamides is 1. The maximum absolute atomic E-state index is 12.6. The summed E-state index contributed by atoms with van der Waals surface area (Å²) in [5, 5.41) is 3.37. The highest BCUT2D eigenvalue weighted by molar-refractivity contribution is 7.89. The molecule has 1 unspecified atom stereocenters. The molecule has 1 aromatic rings. The molecular weight excluding hydrogens is 288 g/mol. The highest BCUT2D eigenvalue weighted by Crippen LogP contribution is 2.22. The van der Waals surface area contributed by atoms with E-state index in [1.807, 2.05) is 12.1 Å². The first-order valence-electron chi connectivity index (χ1n) is 7.56. The van der Waals surface area contributed by atoms with E-state index in [1.165, 1.54) is 12.8 Å². The zero-order valence-electron chi connectivity index (χ0n) is 12.0. The van der Waals surface area contributed by atoms with E-state index in [4.69, 9.17) is 4.74 Å². The maximum atomic E-state index is 12.6. The quantitative estimate of drug-likeness (QED) is 0.833. The molecule has 0 amide bonds. The first kappa shape index (κ1) is 15.0. The Morgan fingerprint density at radius 1 is 1.14 bits per heavy atom. The van der Waals surface area contributed by atoms with Crippen molar-refractivity contribution in [3.63, 3.8) is 0 Å². The molecule has 3 rings (SSSR count). The van der Waals surface area contributed by atoms with Crippen LogP contribution >= 0.6 is 0 Å². The summed E-state index contributed by atoms with van der Waals surface area (Å²) in [5.41, 5.74) is 0.827. The van der Waals surface area contributed by atoms with Crippen molar-refractivity contribution in [2.24, 2.45) is 0 Å². The monoisotopic (exact) mass is 310 g/mol. The van der Waals surface area contributed by atoms with Gasteiger partial charge in [-0.25, -0.2) is 13.1 Å². The smallest absolute Gasteiger partial charge is 0.241 e. The Bertz CT molecular complexity index is 578. The Morgan fingerprint density at radius 2 is 1.95 bits per heavy atom. The largest absolute Gasteiger partial charge is 0.380 e. The van der Waals surface area contributed by atoms with Crippen molar-refractivity contribution in [2.75, 3.05) is 13.2 Å². The normalized spacial score (nSPS) is 23.1. The topological polar surface area (TPSA) is 67.4 Å². The van der Waals surface area contributed by atoms with Crippen molar-refractivity contribution in [2.45, 2.75) is 49.2 Å². The summed E-state index contributed by atoms with van der Waals surface area (Å²) in [6.45, 7) is 1.78. The van der Waals surface area contributed by atoms with Crippen LogP contribution in [-0.4, -0.2) is 33.7 Å². The summed E-state index contributed by atoms with van der Waals surface area (Å²) in [7, 11) is -3.49. The van der Waals surface area contributed by atoms with E-state index >= 15 is 0 Å². The van der Waals surface area contributed by atoms with Crippen LogP contribution in [-0.2, 0) is 21.3 Å². The molecule has 0 spiro atoms. The molecule has 0 radical (unpaired) electrons. The van der Waals surface area contributed by atoms with Crippen LogP contribution in [0.1, 0.15) is 31.2 Å². The van der Waals surface area contributed by atoms with Crippen LogP contribution in [0.4, 0.5) is 0 Å². The van der Waals surface area contributed by atoms with Gasteiger partial charge in [0.15, 0.2) is 0 Å². The number of rotatable bonds is 6. The van der Waals surface area contributed by atoms with Gasteiger partial charge in [0.25, 0.3) is 0 Å². The average molecular weight is 310 g/mol. The zero-order chi connectivity index (χ0) is 14.7. The average Bonchev–Trinajstić information content (AvgIpc) is 3.30. The van der Waals surface area contributed by atoms with Gasteiger partial charge >= 0.3 is 0 Å². The van der Waals surface area contributed by atoms with Crippen LogP contribution in [0.5, 0.6) is 0 Å². The van der Waals surface area contributed by atoms with Crippen LogP contribution in [0.3, 0.4) is 0 Å². The molecule has 1 saturated carbocycles. The molecule has 21 heavy (non-hydrogen) atoms. The van der Waals surface area contributed by atoms with Crippen molar-refractivity contribution in [1.82, 2.24) is 10.0 Å². The molecule has 2 fully saturated rings. The minimum Gasteiger partial charge on any atom is -0.380 e. The van der Waals surface area contributed by atoms with Crippen molar-refractivity contribution < 1.29 is 13.2 Å². The van der Waals surface area contributed by atoms with E-state index in [0.717, 1.165) is 25.0 Å². The van der Waals surface area contributed by atoms with E-state index in [1.54, 1.807) is 12.1 Å². The molecule has 2 aliphatic rings. The van der Waals surface area contributed by atoms with Gasteiger partial charge in [-0.3, -0.25) is 0 Å². The standard InChI is InChI=1S/C15H22N2O3S/c18-21(19,17-14-5-3-9-20-11-14)15-6-2-1-4-12(15)10-16-13-7-8-13/h1-2,4,6,13-14,16-17H,3,5,7-11H2. The molecule has 6 heteroatoms. The third kappa shape index (κ3) is 4.03. The van der Waals surface area contributed by atoms with Crippen LogP contribution < -0.4 is 10.0 Å². The van der Waals surface area contributed by atoms with E-state index < -0.39 is 10.0 Å². The van der Waals surface area contributed by atoms with Crippen molar-refractivity contribution in [3.8, 4) is 0 Å². The molecule has 1 saturated heterocycles. The lowest BCUT2D eigenvalue weighted by Crippen LogP contribution is -2.40. The van der Waals surface area contributed by atoms with E-state index in [0.29, 0.717) is 24.1 Å². The molecule has 1 heterocycles. The molecule has 1 atom stereocenters. The van der Waals surface area contributed by atoms with Gasteiger partial charge in [0.05, 0.1) is 11.5 Å².